The van der Waals surface area contributed by atoms with Gasteiger partial charge in [0.05, 0.1) is 12.0 Å². The Morgan fingerprint density at radius 3 is 2.33 bits per heavy atom. The highest BCUT2D eigenvalue weighted by atomic mass is 16.5. The Balaban J connectivity index is 2.99. The van der Waals surface area contributed by atoms with Gasteiger partial charge in [0.15, 0.2) is 0 Å². The number of ether oxygens (including phenoxy) is 1. The molecule has 6 heteroatoms. The first-order valence-electron chi connectivity index (χ1n) is 5.83. The molecular weight excluding hydrogens is 238 g/mol. The predicted molar refractivity (Wildman–Crippen MR) is 63.0 cm³/mol. The minimum Gasteiger partial charge on any atom is -0.475 e. The van der Waals surface area contributed by atoms with Gasteiger partial charge in [0, 0.05) is 6.54 Å². The average molecular weight is 257 g/mol. The van der Waals surface area contributed by atoms with Crippen LogP contribution in [0.1, 0.15) is 27.2 Å². The van der Waals surface area contributed by atoms with Crippen LogP contribution < -0.4 is 0 Å². The molecule has 1 heterocycles. The molecule has 18 heavy (non-hydrogen) atoms. The van der Waals surface area contributed by atoms with Crippen molar-refractivity contribution in [2.24, 2.45) is 5.41 Å². The van der Waals surface area contributed by atoms with E-state index >= 15 is 0 Å². The third-order valence-corrected chi connectivity index (χ3v) is 3.62. The normalized spacial score (nSPS) is 32.2. The first-order valence-corrected chi connectivity index (χ1v) is 5.83. The van der Waals surface area contributed by atoms with Crippen molar-refractivity contribution in [3.05, 3.63) is 0 Å². The summed E-state index contributed by atoms with van der Waals surface area (Å²) in [5.41, 5.74) is -2.00. The molecule has 0 amide bonds. The number of rotatable bonds is 4. The third kappa shape index (κ3) is 2.25. The van der Waals surface area contributed by atoms with Crippen LogP contribution in [0.15, 0.2) is 0 Å². The molecule has 0 saturated carbocycles. The summed E-state index contributed by atoms with van der Waals surface area (Å²) >= 11 is 0. The van der Waals surface area contributed by atoms with E-state index in [1.165, 1.54) is 0 Å². The van der Waals surface area contributed by atoms with E-state index < -0.39 is 28.7 Å². The molecule has 1 fully saturated rings. The van der Waals surface area contributed by atoms with Crippen molar-refractivity contribution in [1.29, 1.82) is 0 Å². The Labute approximate surface area is 106 Å². The zero-order valence-corrected chi connectivity index (χ0v) is 11.1. The van der Waals surface area contributed by atoms with Crippen LogP contribution in [0.2, 0.25) is 0 Å². The average Bonchev–Trinajstić information content (AvgIpc) is 2.51. The van der Waals surface area contributed by atoms with Crippen molar-refractivity contribution in [2.75, 3.05) is 20.2 Å². The molecule has 102 valence electrons. The highest BCUT2D eigenvalue weighted by molar-refractivity contribution is 6.35. The van der Waals surface area contributed by atoms with E-state index in [-0.39, 0.29) is 19.6 Å². The number of hydrogen-bond donors (Lipinski definition) is 1. The number of hydrogen-bond acceptors (Lipinski definition) is 5. The van der Waals surface area contributed by atoms with E-state index in [0.29, 0.717) is 0 Å². The van der Waals surface area contributed by atoms with Crippen molar-refractivity contribution in [3.8, 4) is 0 Å². The maximum atomic E-state index is 11.9. The number of carbonyl (C=O) groups excluding carboxylic acids is 2. The van der Waals surface area contributed by atoms with Gasteiger partial charge in [-0.25, -0.2) is 4.79 Å². The maximum Gasteiger partial charge on any atom is 0.372 e. The van der Waals surface area contributed by atoms with E-state index in [9.17, 15) is 14.4 Å². The Kier molecular flexibility index (Phi) is 3.81. The van der Waals surface area contributed by atoms with E-state index in [1.807, 2.05) is 0 Å². The van der Waals surface area contributed by atoms with E-state index in [0.717, 1.165) is 0 Å². The number of nitrogens with zero attached hydrogens (tertiary/aromatic N) is 1. The van der Waals surface area contributed by atoms with Gasteiger partial charge in [-0.05, 0) is 27.3 Å². The molecule has 0 aromatic rings. The molecule has 1 aliphatic rings. The summed E-state index contributed by atoms with van der Waals surface area (Å²) in [7, 11) is 1.69. The molecule has 0 aliphatic carbocycles. The van der Waals surface area contributed by atoms with Gasteiger partial charge in [-0.1, -0.05) is 6.92 Å². The van der Waals surface area contributed by atoms with E-state index in [4.69, 9.17) is 9.84 Å². The maximum absolute atomic E-state index is 11.9. The minimum absolute atomic E-state index is 0.153. The van der Waals surface area contributed by atoms with Crippen molar-refractivity contribution < 1.29 is 24.2 Å². The summed E-state index contributed by atoms with van der Waals surface area (Å²) in [6.45, 7) is 5.44. The number of carboxylic acid groups (broad SMARTS) is 1. The quantitative estimate of drug-likeness (QED) is 0.576. The summed E-state index contributed by atoms with van der Waals surface area (Å²) in [5, 5.41) is 8.82. The van der Waals surface area contributed by atoms with E-state index in [1.54, 1.807) is 32.7 Å². The number of carboxylic acids is 1. The lowest BCUT2D eigenvalue weighted by Crippen LogP contribution is -2.46. The lowest BCUT2D eigenvalue weighted by atomic mass is 9.79. The fraction of sp³-hybridized carbons (Fsp3) is 0.750. The summed E-state index contributed by atoms with van der Waals surface area (Å²) in [4.78, 5) is 36.1. The molecule has 0 aromatic heterocycles. The zero-order valence-electron chi connectivity index (χ0n) is 11.1. The molecular formula is C12H19NO5. The molecule has 0 spiro atoms. The summed E-state index contributed by atoms with van der Waals surface area (Å²) in [6, 6.07) is 0. The SMILES string of the molecule is CCOC(=O)C1(C)CC(C)(C(=O)C(=O)O)CN1C. The molecule has 0 radical (unpaired) electrons. The van der Waals surface area contributed by atoms with Crippen LogP contribution in [0, 0.1) is 5.41 Å². The van der Waals surface area contributed by atoms with Gasteiger partial charge in [-0.15, -0.1) is 0 Å². The number of likely N-dealkylation sites (tertiary alicyclic amines) is 1. The third-order valence-electron chi connectivity index (χ3n) is 3.62. The number of likely N-dealkylation sites (N-methyl/N-ethyl adjacent to an activating group) is 1. The lowest BCUT2D eigenvalue weighted by Gasteiger charge is -2.29. The monoisotopic (exact) mass is 257 g/mol. The Bertz CT molecular complexity index is 394. The fourth-order valence-electron chi connectivity index (χ4n) is 2.57. The van der Waals surface area contributed by atoms with Gasteiger partial charge < -0.3 is 9.84 Å². The standard InChI is InChI=1S/C12H19NO5/c1-5-18-10(17)12(3)6-11(2,7-13(12)4)8(14)9(15)16/h5-7H2,1-4H3,(H,15,16). The van der Waals surface area contributed by atoms with Gasteiger partial charge in [-0.2, -0.15) is 0 Å². The van der Waals surface area contributed by atoms with Crippen LogP contribution in [0.25, 0.3) is 0 Å². The highest BCUT2D eigenvalue weighted by Gasteiger charge is 2.56. The molecule has 1 N–H and O–H groups in total. The molecule has 1 rings (SSSR count). The van der Waals surface area contributed by atoms with Crippen molar-refractivity contribution in [1.82, 2.24) is 4.90 Å². The van der Waals surface area contributed by atoms with Crippen molar-refractivity contribution >= 4 is 17.7 Å². The summed E-state index contributed by atoms with van der Waals surface area (Å²) in [5.74, 6) is -2.74. The van der Waals surface area contributed by atoms with Crippen molar-refractivity contribution in [3.63, 3.8) is 0 Å². The second-order valence-electron chi connectivity index (χ2n) is 5.22. The van der Waals surface area contributed by atoms with Gasteiger partial charge in [-0.3, -0.25) is 14.5 Å². The minimum atomic E-state index is -1.46. The van der Waals surface area contributed by atoms with Crippen LogP contribution in [0.3, 0.4) is 0 Å². The number of Topliss-reactive ketones (excluding diaryl/α,β-unsaturated/α-hetero) is 1. The number of aliphatic carboxylic acids is 1. The molecule has 2 unspecified atom stereocenters. The van der Waals surface area contributed by atoms with E-state index in [2.05, 4.69) is 0 Å². The second kappa shape index (κ2) is 4.68. The summed E-state index contributed by atoms with van der Waals surface area (Å²) < 4.78 is 4.99. The van der Waals surface area contributed by atoms with Crippen LogP contribution in [0.5, 0.6) is 0 Å². The van der Waals surface area contributed by atoms with Gasteiger partial charge in [0.1, 0.15) is 5.54 Å². The van der Waals surface area contributed by atoms with Crippen LogP contribution in [-0.2, 0) is 19.1 Å². The Morgan fingerprint density at radius 1 is 1.33 bits per heavy atom. The first kappa shape index (κ1) is 14.6. The molecule has 1 saturated heterocycles. The van der Waals surface area contributed by atoms with Crippen LogP contribution in [-0.4, -0.2) is 53.5 Å². The van der Waals surface area contributed by atoms with Crippen LogP contribution in [0.4, 0.5) is 0 Å². The fourth-order valence-corrected chi connectivity index (χ4v) is 2.57. The largest absolute Gasteiger partial charge is 0.475 e. The molecule has 0 bridgehead atoms. The number of ketones is 1. The number of esters is 1. The smallest absolute Gasteiger partial charge is 0.372 e. The lowest BCUT2D eigenvalue weighted by molar-refractivity contribution is -0.155. The van der Waals surface area contributed by atoms with Gasteiger partial charge >= 0.3 is 11.9 Å². The van der Waals surface area contributed by atoms with Gasteiger partial charge in [0.25, 0.3) is 0 Å². The first-order chi connectivity index (χ1) is 8.17. The predicted octanol–water partition coefficient (Wildman–Crippen LogP) is 0.304. The topological polar surface area (TPSA) is 83.9 Å². The summed E-state index contributed by atoms with van der Waals surface area (Å²) in [6.07, 6.45) is 0.153. The Hall–Kier alpha value is -1.43. The molecule has 6 nitrogen and oxygen atoms in total. The Morgan fingerprint density at radius 2 is 1.89 bits per heavy atom. The number of carbonyl (C=O) groups is 3. The highest BCUT2D eigenvalue weighted by Crippen LogP contribution is 2.41. The van der Waals surface area contributed by atoms with Crippen LogP contribution >= 0.6 is 0 Å². The molecule has 1 aliphatic heterocycles. The molecule has 2 atom stereocenters. The van der Waals surface area contributed by atoms with Crippen molar-refractivity contribution in [2.45, 2.75) is 32.7 Å². The van der Waals surface area contributed by atoms with Gasteiger partial charge in [0.2, 0.25) is 5.78 Å². The molecule has 0 aromatic carbocycles. The second-order valence-corrected chi connectivity index (χ2v) is 5.22. The zero-order chi connectivity index (χ0) is 14.1.